The molecule has 0 saturated carbocycles. The lowest BCUT2D eigenvalue weighted by Gasteiger charge is -2.32. The van der Waals surface area contributed by atoms with Gasteiger partial charge in [0.05, 0.1) is 24.9 Å². The first-order valence-electron chi connectivity index (χ1n) is 7.41. The van der Waals surface area contributed by atoms with Gasteiger partial charge in [0.25, 0.3) is 0 Å². The molecular formula is C16H18FN3O2S. The maximum absolute atomic E-state index is 13.0. The van der Waals surface area contributed by atoms with E-state index in [1.165, 1.54) is 23.5 Å². The minimum atomic E-state index is -0.264. The van der Waals surface area contributed by atoms with Crippen LogP contribution in [-0.4, -0.2) is 42.0 Å². The Balaban J connectivity index is 1.55. The number of aromatic nitrogens is 1. The lowest BCUT2D eigenvalue weighted by Crippen LogP contribution is -2.42. The SMILES string of the molecule is Cc1csc(NC(=O)CN2CCO[C@@H](c3ccc(F)cc3)C2)n1. The fourth-order valence-electron chi connectivity index (χ4n) is 2.50. The molecule has 2 aromatic rings. The third kappa shape index (κ3) is 4.34. The quantitative estimate of drug-likeness (QED) is 0.933. The number of ether oxygens (including phenoxy) is 1. The van der Waals surface area contributed by atoms with Gasteiger partial charge in [0.15, 0.2) is 5.13 Å². The number of hydrogen-bond donors (Lipinski definition) is 1. The topological polar surface area (TPSA) is 54.5 Å². The molecule has 1 amide bonds. The summed E-state index contributed by atoms with van der Waals surface area (Å²) in [6, 6.07) is 6.30. The molecular weight excluding hydrogens is 317 g/mol. The van der Waals surface area contributed by atoms with E-state index in [1.807, 2.05) is 17.2 Å². The Bertz CT molecular complexity index is 674. The summed E-state index contributed by atoms with van der Waals surface area (Å²) in [5.41, 5.74) is 1.82. The van der Waals surface area contributed by atoms with Crippen molar-refractivity contribution in [2.75, 3.05) is 31.6 Å². The van der Waals surface area contributed by atoms with Crippen molar-refractivity contribution in [3.63, 3.8) is 0 Å². The van der Waals surface area contributed by atoms with Crippen molar-refractivity contribution in [2.24, 2.45) is 0 Å². The molecule has 1 aromatic heterocycles. The predicted molar refractivity (Wildman–Crippen MR) is 87.0 cm³/mol. The molecule has 0 unspecified atom stereocenters. The third-order valence-electron chi connectivity index (χ3n) is 3.62. The highest BCUT2D eigenvalue weighted by molar-refractivity contribution is 7.13. The lowest BCUT2D eigenvalue weighted by molar-refractivity contribution is -0.119. The number of carbonyl (C=O) groups is 1. The summed E-state index contributed by atoms with van der Waals surface area (Å²) >= 11 is 1.42. The number of carbonyl (C=O) groups excluding carboxylic acids is 1. The summed E-state index contributed by atoms with van der Waals surface area (Å²) in [6.45, 7) is 4.03. The molecule has 0 bridgehead atoms. The summed E-state index contributed by atoms with van der Waals surface area (Å²) < 4.78 is 18.7. The zero-order valence-electron chi connectivity index (χ0n) is 12.8. The van der Waals surface area contributed by atoms with Crippen LogP contribution in [0.3, 0.4) is 0 Å². The van der Waals surface area contributed by atoms with Crippen LogP contribution in [-0.2, 0) is 9.53 Å². The van der Waals surface area contributed by atoms with Crippen LogP contribution >= 0.6 is 11.3 Å². The first-order chi connectivity index (χ1) is 11.1. The number of anilines is 1. The minimum Gasteiger partial charge on any atom is -0.371 e. The van der Waals surface area contributed by atoms with E-state index in [0.717, 1.165) is 11.3 Å². The van der Waals surface area contributed by atoms with Gasteiger partial charge in [0, 0.05) is 18.5 Å². The number of nitrogens with zero attached hydrogens (tertiary/aromatic N) is 2. The number of benzene rings is 1. The van der Waals surface area contributed by atoms with Crippen molar-refractivity contribution < 1.29 is 13.9 Å². The maximum Gasteiger partial charge on any atom is 0.240 e. The smallest absolute Gasteiger partial charge is 0.240 e. The summed E-state index contributed by atoms with van der Waals surface area (Å²) in [5.74, 6) is -0.348. The molecule has 1 aromatic carbocycles. The normalized spacial score (nSPS) is 18.8. The van der Waals surface area contributed by atoms with Crippen molar-refractivity contribution in [1.82, 2.24) is 9.88 Å². The predicted octanol–water partition coefficient (Wildman–Crippen LogP) is 2.60. The molecule has 2 heterocycles. The Morgan fingerprint density at radius 1 is 1.48 bits per heavy atom. The highest BCUT2D eigenvalue weighted by Crippen LogP contribution is 2.22. The Morgan fingerprint density at radius 2 is 2.26 bits per heavy atom. The lowest BCUT2D eigenvalue weighted by atomic mass is 10.1. The van der Waals surface area contributed by atoms with Crippen LogP contribution < -0.4 is 5.32 Å². The summed E-state index contributed by atoms with van der Waals surface area (Å²) in [6.07, 6.45) is -0.140. The van der Waals surface area contributed by atoms with E-state index in [9.17, 15) is 9.18 Å². The van der Waals surface area contributed by atoms with Crippen molar-refractivity contribution in [3.05, 3.63) is 46.7 Å². The number of thiazole rings is 1. The first-order valence-corrected chi connectivity index (χ1v) is 8.29. The summed E-state index contributed by atoms with van der Waals surface area (Å²) in [7, 11) is 0. The van der Waals surface area contributed by atoms with Crippen molar-refractivity contribution in [2.45, 2.75) is 13.0 Å². The molecule has 0 aliphatic carbocycles. The fourth-order valence-corrected chi connectivity index (χ4v) is 3.20. The highest BCUT2D eigenvalue weighted by atomic mass is 32.1. The van der Waals surface area contributed by atoms with E-state index in [2.05, 4.69) is 10.3 Å². The fraction of sp³-hybridized carbons (Fsp3) is 0.375. The summed E-state index contributed by atoms with van der Waals surface area (Å²) in [4.78, 5) is 18.4. The highest BCUT2D eigenvalue weighted by Gasteiger charge is 2.23. The van der Waals surface area contributed by atoms with Crippen LogP contribution in [0.4, 0.5) is 9.52 Å². The minimum absolute atomic E-state index is 0.0842. The van der Waals surface area contributed by atoms with Crippen LogP contribution in [0.15, 0.2) is 29.6 Å². The second-order valence-corrected chi connectivity index (χ2v) is 6.35. The van der Waals surface area contributed by atoms with Gasteiger partial charge in [-0.1, -0.05) is 12.1 Å². The van der Waals surface area contributed by atoms with Crippen molar-refractivity contribution in [3.8, 4) is 0 Å². The van der Waals surface area contributed by atoms with Crippen LogP contribution in [0.1, 0.15) is 17.4 Å². The standard InChI is InChI=1S/C16H18FN3O2S/c1-11-10-23-16(18-11)19-15(21)9-20-6-7-22-14(8-20)12-2-4-13(17)5-3-12/h2-5,10,14H,6-9H2,1H3,(H,18,19,21)/t14-/m1/s1. The van der Waals surface area contributed by atoms with Gasteiger partial charge in [-0.15, -0.1) is 11.3 Å². The van der Waals surface area contributed by atoms with E-state index in [-0.39, 0.29) is 17.8 Å². The van der Waals surface area contributed by atoms with Gasteiger partial charge < -0.3 is 10.1 Å². The monoisotopic (exact) mass is 335 g/mol. The zero-order chi connectivity index (χ0) is 16.2. The Kier molecular flexibility index (Phi) is 5.00. The van der Waals surface area contributed by atoms with Crippen LogP contribution in [0, 0.1) is 12.7 Å². The summed E-state index contributed by atoms with van der Waals surface area (Å²) in [5, 5.41) is 5.33. The number of halogens is 1. The van der Waals surface area contributed by atoms with E-state index in [0.29, 0.717) is 31.4 Å². The van der Waals surface area contributed by atoms with Crippen LogP contribution in [0.5, 0.6) is 0 Å². The number of rotatable bonds is 4. The van der Waals surface area contributed by atoms with Gasteiger partial charge in [-0.25, -0.2) is 9.37 Å². The van der Waals surface area contributed by atoms with Gasteiger partial charge in [0.2, 0.25) is 5.91 Å². The van der Waals surface area contributed by atoms with Gasteiger partial charge >= 0.3 is 0 Å². The molecule has 1 fully saturated rings. The van der Waals surface area contributed by atoms with Gasteiger partial charge in [0.1, 0.15) is 5.82 Å². The number of hydrogen-bond acceptors (Lipinski definition) is 5. The molecule has 23 heavy (non-hydrogen) atoms. The Labute approximate surface area is 138 Å². The molecule has 122 valence electrons. The average molecular weight is 335 g/mol. The van der Waals surface area contributed by atoms with Gasteiger partial charge in [-0.05, 0) is 24.6 Å². The number of nitrogens with one attached hydrogen (secondary N) is 1. The van der Waals surface area contributed by atoms with Crippen LogP contribution in [0.25, 0.3) is 0 Å². The van der Waals surface area contributed by atoms with E-state index >= 15 is 0 Å². The largest absolute Gasteiger partial charge is 0.371 e. The molecule has 0 spiro atoms. The van der Waals surface area contributed by atoms with E-state index in [1.54, 1.807) is 12.1 Å². The zero-order valence-corrected chi connectivity index (χ0v) is 13.6. The third-order valence-corrected chi connectivity index (χ3v) is 4.50. The average Bonchev–Trinajstić information content (AvgIpc) is 2.93. The molecule has 1 aliphatic rings. The second-order valence-electron chi connectivity index (χ2n) is 5.49. The van der Waals surface area contributed by atoms with E-state index < -0.39 is 0 Å². The molecule has 5 nitrogen and oxygen atoms in total. The Hall–Kier alpha value is -1.83. The number of aryl methyl sites for hydroxylation is 1. The molecule has 1 saturated heterocycles. The maximum atomic E-state index is 13.0. The van der Waals surface area contributed by atoms with E-state index in [4.69, 9.17) is 4.74 Å². The molecule has 3 rings (SSSR count). The van der Waals surface area contributed by atoms with Gasteiger partial charge in [-0.3, -0.25) is 9.69 Å². The molecule has 1 N–H and O–H groups in total. The molecule has 1 atom stereocenters. The first kappa shape index (κ1) is 16.0. The van der Waals surface area contributed by atoms with Crippen molar-refractivity contribution >= 4 is 22.4 Å². The number of morpholine rings is 1. The molecule has 1 aliphatic heterocycles. The van der Waals surface area contributed by atoms with Gasteiger partial charge in [-0.2, -0.15) is 0 Å². The number of amides is 1. The van der Waals surface area contributed by atoms with Crippen LogP contribution in [0.2, 0.25) is 0 Å². The molecule has 7 heteroatoms. The molecule has 0 radical (unpaired) electrons. The second kappa shape index (κ2) is 7.16. The van der Waals surface area contributed by atoms with Crippen molar-refractivity contribution in [1.29, 1.82) is 0 Å². The Morgan fingerprint density at radius 3 is 2.96 bits per heavy atom.